The van der Waals surface area contributed by atoms with Gasteiger partial charge in [-0.3, -0.25) is 0 Å². The van der Waals surface area contributed by atoms with Crippen LogP contribution in [0.3, 0.4) is 0 Å². The van der Waals surface area contributed by atoms with Gasteiger partial charge in [-0.1, -0.05) is 176 Å². The Labute approximate surface area is 323 Å². The summed E-state index contributed by atoms with van der Waals surface area (Å²) in [5.74, 6) is 0. The van der Waals surface area contributed by atoms with E-state index >= 15 is 0 Å². The van der Waals surface area contributed by atoms with E-state index in [4.69, 9.17) is 4.98 Å². The number of pyridine rings is 1. The first-order chi connectivity index (χ1) is 27.8. The normalized spacial score (nSPS) is 11.9. The van der Waals surface area contributed by atoms with E-state index in [1.807, 2.05) is 0 Å². The van der Waals surface area contributed by atoms with Gasteiger partial charge in [0.05, 0.1) is 11.2 Å². The average molecular weight is 708 g/mol. The number of para-hydroxylation sites is 1. The summed E-state index contributed by atoms with van der Waals surface area (Å²) in [6.07, 6.45) is 0. The average Bonchev–Trinajstić information content (AvgIpc) is 3.27. The number of nitrogens with zero attached hydrogens (tertiary/aromatic N) is 1. The molecule has 0 spiro atoms. The number of rotatable bonds is 3. The van der Waals surface area contributed by atoms with E-state index in [0.29, 0.717) is 0 Å². The SMILES string of the molecule is c1ccc2c(c1)cc(-c1c3ccccc3c(-c3cc4ccccc4c4ccccc34)c3cc(-c4nc5ccccc5c5ccccc45)ccc13)c1ccccc12. The minimum absolute atomic E-state index is 1.00. The van der Waals surface area contributed by atoms with Gasteiger partial charge in [-0.2, -0.15) is 0 Å². The van der Waals surface area contributed by atoms with Crippen LogP contribution in [0.5, 0.6) is 0 Å². The summed E-state index contributed by atoms with van der Waals surface area (Å²) in [6.45, 7) is 0. The van der Waals surface area contributed by atoms with Crippen LogP contribution in [0.15, 0.2) is 200 Å². The Hall–Kier alpha value is -7.35. The molecule has 0 aliphatic heterocycles. The van der Waals surface area contributed by atoms with Crippen LogP contribution in [0.1, 0.15) is 0 Å². The lowest BCUT2D eigenvalue weighted by Crippen LogP contribution is -1.95. The monoisotopic (exact) mass is 707 g/mol. The van der Waals surface area contributed by atoms with Crippen molar-refractivity contribution < 1.29 is 0 Å². The molecule has 1 heterocycles. The third kappa shape index (κ3) is 4.52. The molecule has 0 aliphatic carbocycles. The van der Waals surface area contributed by atoms with Crippen LogP contribution in [0.2, 0.25) is 0 Å². The third-order valence-corrected chi connectivity index (χ3v) is 12.0. The van der Waals surface area contributed by atoms with E-state index < -0.39 is 0 Å². The van der Waals surface area contributed by atoms with Crippen molar-refractivity contribution in [1.29, 1.82) is 0 Å². The van der Waals surface area contributed by atoms with Gasteiger partial charge in [0.2, 0.25) is 0 Å². The molecule has 0 unspecified atom stereocenters. The molecule has 0 atom stereocenters. The van der Waals surface area contributed by atoms with Gasteiger partial charge in [0, 0.05) is 16.3 Å². The first kappa shape index (κ1) is 31.0. The van der Waals surface area contributed by atoms with Gasteiger partial charge in [-0.25, -0.2) is 4.98 Å². The van der Waals surface area contributed by atoms with Crippen LogP contribution in [0.25, 0.3) is 120 Å². The Morgan fingerprint density at radius 3 is 1.21 bits per heavy atom. The lowest BCUT2D eigenvalue weighted by Gasteiger charge is -2.21. The van der Waals surface area contributed by atoms with Crippen LogP contribution < -0.4 is 0 Å². The molecule has 0 aliphatic rings. The fourth-order valence-electron chi connectivity index (χ4n) is 9.55. The summed E-state index contributed by atoms with van der Waals surface area (Å²) in [5.41, 5.74) is 8.11. The van der Waals surface area contributed by atoms with Crippen molar-refractivity contribution in [2.45, 2.75) is 0 Å². The fourth-order valence-corrected chi connectivity index (χ4v) is 9.55. The number of hydrogen-bond donors (Lipinski definition) is 0. The summed E-state index contributed by atoms with van der Waals surface area (Å²) in [7, 11) is 0. The van der Waals surface area contributed by atoms with Gasteiger partial charge in [0.25, 0.3) is 0 Å². The summed E-state index contributed by atoms with van der Waals surface area (Å²) in [6, 6.07) is 73.6. The minimum Gasteiger partial charge on any atom is -0.247 e. The van der Waals surface area contributed by atoms with Crippen molar-refractivity contribution in [3.8, 4) is 33.5 Å². The molecule has 0 amide bonds. The Kier molecular flexibility index (Phi) is 6.70. The van der Waals surface area contributed by atoms with E-state index in [9.17, 15) is 0 Å². The molecule has 0 saturated carbocycles. The van der Waals surface area contributed by atoms with Gasteiger partial charge in [-0.15, -0.1) is 0 Å². The summed E-state index contributed by atoms with van der Waals surface area (Å²) < 4.78 is 0. The van der Waals surface area contributed by atoms with E-state index in [0.717, 1.165) is 22.2 Å². The number of fused-ring (bicyclic) bond motifs is 11. The van der Waals surface area contributed by atoms with E-state index in [2.05, 4.69) is 200 Å². The van der Waals surface area contributed by atoms with Gasteiger partial charge >= 0.3 is 0 Å². The maximum atomic E-state index is 5.39. The predicted octanol–water partition coefficient (Wildman–Crippen LogP) is 15.3. The molecule has 1 nitrogen and oxygen atoms in total. The number of aromatic nitrogens is 1. The van der Waals surface area contributed by atoms with Crippen LogP contribution in [0, 0.1) is 0 Å². The zero-order valence-electron chi connectivity index (χ0n) is 30.5. The maximum absolute atomic E-state index is 5.39. The lowest BCUT2D eigenvalue weighted by atomic mass is 9.81. The van der Waals surface area contributed by atoms with Crippen molar-refractivity contribution in [2.24, 2.45) is 0 Å². The first-order valence-corrected chi connectivity index (χ1v) is 19.4. The van der Waals surface area contributed by atoms with Crippen LogP contribution in [-0.2, 0) is 0 Å². The molecule has 12 rings (SSSR count). The van der Waals surface area contributed by atoms with Crippen LogP contribution in [0.4, 0.5) is 0 Å². The second-order valence-electron chi connectivity index (χ2n) is 15.0. The zero-order chi connectivity index (χ0) is 36.7. The Bertz CT molecular complexity index is 3590. The highest BCUT2D eigenvalue weighted by Crippen LogP contribution is 2.49. The standard InChI is InChI=1S/C55H33N/c1-3-17-37-34(15-1)31-49(41-21-7-5-19-39(37)41)53-45-25-10-11-26-46(45)54(50-32-35-16-2-4-18-38(35)40-20-6-8-22-42(40)50)51-33-36(29-30-47(51)53)55-48-27-12-9-23-43(48)44-24-13-14-28-52(44)56-55/h1-33H. The molecule has 0 fully saturated rings. The molecule has 0 bridgehead atoms. The topological polar surface area (TPSA) is 12.9 Å². The van der Waals surface area contributed by atoms with Gasteiger partial charge in [0.1, 0.15) is 0 Å². The van der Waals surface area contributed by atoms with Gasteiger partial charge < -0.3 is 0 Å². The summed E-state index contributed by atoms with van der Waals surface area (Å²) >= 11 is 0. The highest BCUT2D eigenvalue weighted by atomic mass is 14.7. The number of benzene rings is 11. The molecule has 0 radical (unpaired) electrons. The van der Waals surface area contributed by atoms with Crippen molar-refractivity contribution in [3.05, 3.63) is 200 Å². The third-order valence-electron chi connectivity index (χ3n) is 12.0. The van der Waals surface area contributed by atoms with Crippen LogP contribution in [-0.4, -0.2) is 4.98 Å². The van der Waals surface area contributed by atoms with E-state index in [-0.39, 0.29) is 0 Å². The molecule has 0 N–H and O–H groups in total. The number of hydrogen-bond acceptors (Lipinski definition) is 1. The first-order valence-electron chi connectivity index (χ1n) is 19.4. The van der Waals surface area contributed by atoms with E-state index in [1.165, 1.54) is 97.7 Å². The highest BCUT2D eigenvalue weighted by molar-refractivity contribution is 6.29. The second-order valence-corrected chi connectivity index (χ2v) is 15.0. The van der Waals surface area contributed by atoms with Crippen molar-refractivity contribution in [2.75, 3.05) is 0 Å². The largest absolute Gasteiger partial charge is 0.247 e. The molecular weight excluding hydrogens is 675 g/mol. The molecule has 1 heteroatoms. The van der Waals surface area contributed by atoms with Crippen molar-refractivity contribution in [3.63, 3.8) is 0 Å². The molecule has 258 valence electrons. The maximum Gasteiger partial charge on any atom is 0.0788 e. The molecule has 12 aromatic rings. The predicted molar refractivity (Wildman–Crippen MR) is 241 cm³/mol. The van der Waals surface area contributed by atoms with Crippen molar-refractivity contribution >= 4 is 86.3 Å². The molecule has 56 heavy (non-hydrogen) atoms. The highest BCUT2D eigenvalue weighted by Gasteiger charge is 2.22. The molecule has 11 aromatic carbocycles. The molecule has 0 saturated heterocycles. The fraction of sp³-hybridized carbons (Fsp3) is 0. The van der Waals surface area contributed by atoms with Gasteiger partial charge in [-0.05, 0) is 117 Å². The Morgan fingerprint density at radius 2 is 0.643 bits per heavy atom. The van der Waals surface area contributed by atoms with E-state index in [1.54, 1.807) is 0 Å². The summed E-state index contributed by atoms with van der Waals surface area (Å²) in [4.78, 5) is 5.39. The van der Waals surface area contributed by atoms with Crippen LogP contribution >= 0.6 is 0 Å². The molecule has 1 aromatic heterocycles. The minimum atomic E-state index is 1.00. The quantitative estimate of drug-likeness (QED) is 0.132. The second kappa shape index (κ2) is 12.1. The van der Waals surface area contributed by atoms with Gasteiger partial charge in [0.15, 0.2) is 0 Å². The molecular formula is C55H33N. The Morgan fingerprint density at radius 1 is 0.250 bits per heavy atom. The Balaban J connectivity index is 1.28. The lowest BCUT2D eigenvalue weighted by molar-refractivity contribution is 1.43. The van der Waals surface area contributed by atoms with Crippen molar-refractivity contribution in [1.82, 2.24) is 4.98 Å². The zero-order valence-corrected chi connectivity index (χ0v) is 30.5. The smallest absolute Gasteiger partial charge is 0.0788 e. The summed E-state index contributed by atoms with van der Waals surface area (Å²) in [5, 5.41) is 18.5.